The summed E-state index contributed by atoms with van der Waals surface area (Å²) in [6.45, 7) is 8.69. The minimum absolute atomic E-state index is 0.0394. The van der Waals surface area contributed by atoms with Crippen LogP contribution in [-0.4, -0.2) is 72.2 Å². The van der Waals surface area contributed by atoms with Crippen LogP contribution in [0.2, 0.25) is 0 Å². The first-order chi connectivity index (χ1) is 15.9. The molecule has 0 aliphatic carbocycles. The molecule has 2 aromatic rings. The summed E-state index contributed by atoms with van der Waals surface area (Å²) < 4.78 is 5.62. The number of carbonyl (C=O) groups is 2. The number of nitrogens with zero attached hydrogens (tertiary/aromatic N) is 4. The zero-order chi connectivity index (χ0) is 23.5. The Bertz CT molecular complexity index is 1070. The van der Waals surface area contributed by atoms with Crippen LogP contribution in [0.1, 0.15) is 41.6 Å². The number of ether oxygens (including phenoxy) is 1. The molecule has 2 aliphatic heterocycles. The van der Waals surface area contributed by atoms with Crippen LogP contribution in [0.3, 0.4) is 0 Å². The van der Waals surface area contributed by atoms with E-state index in [-0.39, 0.29) is 24.4 Å². The average molecular weight is 449 g/mol. The summed E-state index contributed by atoms with van der Waals surface area (Å²) in [7, 11) is 1.65. The Hall–Kier alpha value is -3.19. The monoisotopic (exact) mass is 448 g/mol. The summed E-state index contributed by atoms with van der Waals surface area (Å²) in [6, 6.07) is 14.0. The molecule has 7 nitrogen and oxygen atoms in total. The molecule has 1 atom stereocenters. The number of hydrazone groups is 1. The SMILES string of the molecule is COc1ccccc1[C@@H]1CC(c2cc(C)ccc2C)=NN1C(=O)CN1CCN(C(C)=O)CC1. The van der Waals surface area contributed by atoms with Crippen LogP contribution < -0.4 is 4.74 Å². The Morgan fingerprint density at radius 3 is 2.48 bits per heavy atom. The Balaban J connectivity index is 1.61. The topological polar surface area (TPSA) is 65.5 Å². The molecule has 0 unspecified atom stereocenters. The summed E-state index contributed by atoms with van der Waals surface area (Å²) in [5.74, 6) is 0.801. The molecular formula is C26H32N4O3. The van der Waals surface area contributed by atoms with E-state index in [2.05, 4.69) is 36.9 Å². The summed E-state index contributed by atoms with van der Waals surface area (Å²) >= 11 is 0. The van der Waals surface area contributed by atoms with E-state index in [1.807, 2.05) is 29.2 Å². The van der Waals surface area contributed by atoms with Gasteiger partial charge in [0.05, 0.1) is 25.4 Å². The van der Waals surface area contributed by atoms with Crippen molar-refractivity contribution in [1.82, 2.24) is 14.8 Å². The molecule has 7 heteroatoms. The molecule has 4 rings (SSSR count). The van der Waals surface area contributed by atoms with Crippen LogP contribution in [0.5, 0.6) is 5.75 Å². The molecule has 174 valence electrons. The Morgan fingerprint density at radius 1 is 1.06 bits per heavy atom. The molecule has 0 aromatic heterocycles. The van der Waals surface area contributed by atoms with Gasteiger partial charge in [-0.15, -0.1) is 0 Å². The summed E-state index contributed by atoms with van der Waals surface area (Å²) in [5, 5.41) is 6.50. The van der Waals surface area contributed by atoms with E-state index in [9.17, 15) is 9.59 Å². The number of hydrogen-bond acceptors (Lipinski definition) is 5. The fourth-order valence-electron chi connectivity index (χ4n) is 4.62. The number of methoxy groups -OCH3 is 1. The van der Waals surface area contributed by atoms with E-state index in [4.69, 9.17) is 9.84 Å². The molecule has 2 amide bonds. The number of benzene rings is 2. The van der Waals surface area contributed by atoms with Gasteiger partial charge in [0.1, 0.15) is 5.75 Å². The van der Waals surface area contributed by atoms with Crippen molar-refractivity contribution in [3.63, 3.8) is 0 Å². The lowest BCUT2D eigenvalue weighted by Crippen LogP contribution is -2.50. The fourth-order valence-corrected chi connectivity index (χ4v) is 4.62. The quantitative estimate of drug-likeness (QED) is 0.705. The van der Waals surface area contributed by atoms with Gasteiger partial charge in [0.15, 0.2) is 0 Å². The largest absolute Gasteiger partial charge is 0.496 e. The second-order valence-electron chi connectivity index (χ2n) is 8.85. The highest BCUT2D eigenvalue weighted by atomic mass is 16.5. The van der Waals surface area contributed by atoms with Crippen molar-refractivity contribution in [3.8, 4) is 5.75 Å². The number of carbonyl (C=O) groups excluding carboxylic acids is 2. The zero-order valence-corrected chi connectivity index (χ0v) is 19.9. The van der Waals surface area contributed by atoms with Gasteiger partial charge in [0.2, 0.25) is 5.91 Å². The molecule has 0 saturated carbocycles. The second kappa shape index (κ2) is 9.75. The average Bonchev–Trinajstić information content (AvgIpc) is 3.26. The van der Waals surface area contributed by atoms with Crippen LogP contribution in [0.4, 0.5) is 0 Å². The van der Waals surface area contributed by atoms with E-state index in [0.717, 1.165) is 28.2 Å². The number of aryl methyl sites for hydroxylation is 2. The van der Waals surface area contributed by atoms with Crippen molar-refractivity contribution in [2.45, 2.75) is 33.2 Å². The van der Waals surface area contributed by atoms with E-state index in [1.165, 1.54) is 5.56 Å². The van der Waals surface area contributed by atoms with Crippen LogP contribution in [0, 0.1) is 13.8 Å². The lowest BCUT2D eigenvalue weighted by atomic mass is 9.94. The first-order valence-corrected chi connectivity index (χ1v) is 11.5. The first kappa shape index (κ1) is 23.0. The number of amides is 2. The molecule has 2 aliphatic rings. The van der Waals surface area contributed by atoms with Gasteiger partial charge < -0.3 is 9.64 Å². The number of para-hydroxylation sites is 1. The van der Waals surface area contributed by atoms with Gasteiger partial charge in [0, 0.05) is 50.7 Å². The van der Waals surface area contributed by atoms with Gasteiger partial charge in [-0.2, -0.15) is 5.10 Å². The third kappa shape index (κ3) is 4.93. The predicted molar refractivity (Wildman–Crippen MR) is 128 cm³/mol. The lowest BCUT2D eigenvalue weighted by Gasteiger charge is -2.34. The summed E-state index contributed by atoms with van der Waals surface area (Å²) in [5.41, 5.74) is 5.27. The van der Waals surface area contributed by atoms with Crippen LogP contribution in [0.25, 0.3) is 0 Å². The standard InChI is InChI=1S/C26H32N4O3/c1-18-9-10-19(2)22(15-18)23-16-24(21-7-5-6-8-25(21)33-4)30(27-23)26(32)17-28-11-13-29(14-12-28)20(3)31/h5-10,15,24H,11-14,16-17H2,1-4H3/t24-/m0/s1. The summed E-state index contributed by atoms with van der Waals surface area (Å²) in [6.07, 6.45) is 0.633. The normalized spacial score (nSPS) is 18.9. The smallest absolute Gasteiger partial charge is 0.257 e. The van der Waals surface area contributed by atoms with Gasteiger partial charge in [0.25, 0.3) is 5.91 Å². The van der Waals surface area contributed by atoms with E-state index >= 15 is 0 Å². The lowest BCUT2D eigenvalue weighted by molar-refractivity contribution is -0.135. The molecule has 1 saturated heterocycles. The molecule has 0 spiro atoms. The van der Waals surface area contributed by atoms with Gasteiger partial charge >= 0.3 is 0 Å². The molecule has 33 heavy (non-hydrogen) atoms. The van der Waals surface area contributed by atoms with Gasteiger partial charge in [-0.3, -0.25) is 14.5 Å². The number of piperazine rings is 1. The Labute approximate surface area is 195 Å². The molecule has 0 bridgehead atoms. The predicted octanol–water partition coefficient (Wildman–Crippen LogP) is 3.15. The van der Waals surface area contributed by atoms with Crippen molar-refractivity contribution in [1.29, 1.82) is 0 Å². The third-order valence-electron chi connectivity index (χ3n) is 6.54. The van der Waals surface area contributed by atoms with E-state index < -0.39 is 0 Å². The zero-order valence-electron chi connectivity index (χ0n) is 19.9. The number of rotatable bonds is 5. The van der Waals surface area contributed by atoms with Crippen molar-refractivity contribution < 1.29 is 14.3 Å². The molecule has 1 fully saturated rings. The van der Waals surface area contributed by atoms with Crippen molar-refractivity contribution in [2.75, 3.05) is 39.8 Å². The minimum atomic E-state index is -0.220. The van der Waals surface area contributed by atoms with Gasteiger partial charge in [-0.05, 0) is 31.5 Å². The van der Waals surface area contributed by atoms with Crippen molar-refractivity contribution in [3.05, 3.63) is 64.7 Å². The maximum absolute atomic E-state index is 13.5. The van der Waals surface area contributed by atoms with Crippen molar-refractivity contribution in [2.24, 2.45) is 5.10 Å². The van der Waals surface area contributed by atoms with Crippen LogP contribution >= 0.6 is 0 Å². The summed E-state index contributed by atoms with van der Waals surface area (Å²) in [4.78, 5) is 29.0. The molecule has 0 radical (unpaired) electrons. The molecule has 2 aromatic carbocycles. The van der Waals surface area contributed by atoms with Crippen LogP contribution in [-0.2, 0) is 9.59 Å². The minimum Gasteiger partial charge on any atom is -0.496 e. The second-order valence-corrected chi connectivity index (χ2v) is 8.85. The van der Waals surface area contributed by atoms with E-state index in [1.54, 1.807) is 19.0 Å². The van der Waals surface area contributed by atoms with E-state index in [0.29, 0.717) is 32.6 Å². The highest BCUT2D eigenvalue weighted by molar-refractivity contribution is 6.04. The Kier molecular flexibility index (Phi) is 6.79. The van der Waals surface area contributed by atoms with Gasteiger partial charge in [-0.25, -0.2) is 5.01 Å². The van der Waals surface area contributed by atoms with Crippen molar-refractivity contribution >= 4 is 17.5 Å². The molecular weight excluding hydrogens is 416 g/mol. The Morgan fingerprint density at radius 2 is 1.79 bits per heavy atom. The van der Waals surface area contributed by atoms with Gasteiger partial charge in [-0.1, -0.05) is 35.9 Å². The highest BCUT2D eigenvalue weighted by Gasteiger charge is 2.36. The number of hydrogen-bond donors (Lipinski definition) is 0. The third-order valence-corrected chi connectivity index (χ3v) is 6.54. The highest BCUT2D eigenvalue weighted by Crippen LogP contribution is 2.38. The fraction of sp³-hybridized carbons (Fsp3) is 0.423. The molecule has 0 N–H and O–H groups in total. The first-order valence-electron chi connectivity index (χ1n) is 11.5. The molecule has 2 heterocycles. The maximum atomic E-state index is 13.5. The maximum Gasteiger partial charge on any atom is 0.257 e. The van der Waals surface area contributed by atoms with Crippen LogP contribution in [0.15, 0.2) is 47.6 Å².